The van der Waals surface area contributed by atoms with Crippen LogP contribution in [0.3, 0.4) is 0 Å². The number of amides is 1. The fourth-order valence-electron chi connectivity index (χ4n) is 2.23. The van der Waals surface area contributed by atoms with Crippen molar-refractivity contribution in [3.8, 4) is 5.75 Å². The summed E-state index contributed by atoms with van der Waals surface area (Å²) in [5.41, 5.74) is 1.97. The van der Waals surface area contributed by atoms with E-state index < -0.39 is 11.2 Å². The van der Waals surface area contributed by atoms with Crippen molar-refractivity contribution < 1.29 is 24.2 Å². The molecule has 0 unspecified atom stereocenters. The van der Waals surface area contributed by atoms with Crippen LogP contribution in [0, 0.1) is 12.3 Å². The summed E-state index contributed by atoms with van der Waals surface area (Å²) in [5.74, 6) is 0.155. The van der Waals surface area contributed by atoms with Gasteiger partial charge in [0.2, 0.25) is 0 Å². The van der Waals surface area contributed by atoms with Crippen molar-refractivity contribution >= 4 is 28.9 Å². The molecule has 1 amide bonds. The molecule has 0 fully saturated rings. The van der Waals surface area contributed by atoms with E-state index in [9.17, 15) is 9.59 Å². The first kappa shape index (κ1) is 23.2. The number of rotatable bonds is 5. The molecule has 2 rings (SSSR count). The van der Waals surface area contributed by atoms with E-state index in [1.807, 2.05) is 43.3 Å². The largest absolute Gasteiger partial charge is 0.489 e. The van der Waals surface area contributed by atoms with Gasteiger partial charge in [0.05, 0.1) is 19.1 Å². The number of aryl methyl sites for hydroxylation is 1. The van der Waals surface area contributed by atoms with Gasteiger partial charge in [-0.15, -0.1) is 0 Å². The van der Waals surface area contributed by atoms with Crippen LogP contribution in [0.5, 0.6) is 5.75 Å². The van der Waals surface area contributed by atoms with Gasteiger partial charge in [0, 0.05) is 19.7 Å². The minimum absolute atomic E-state index is 0.215. The maximum absolute atomic E-state index is 12.4. The quantitative estimate of drug-likeness (QED) is 0.450. The molecule has 28 heavy (non-hydrogen) atoms. The van der Waals surface area contributed by atoms with Gasteiger partial charge in [-0.3, -0.25) is 14.5 Å². The number of hydrogen-bond donors (Lipinski definition) is 2. The number of aliphatic hydroxyl groups is 1. The van der Waals surface area contributed by atoms with Crippen molar-refractivity contribution in [2.75, 3.05) is 21.3 Å². The van der Waals surface area contributed by atoms with Crippen LogP contribution in [0.25, 0.3) is 0 Å². The normalized spacial score (nSPS) is 9.61. The fourth-order valence-corrected chi connectivity index (χ4v) is 2.70. The van der Waals surface area contributed by atoms with E-state index in [2.05, 4.69) is 4.74 Å². The van der Waals surface area contributed by atoms with Crippen LogP contribution in [-0.4, -0.2) is 47.6 Å². The Hall–Kier alpha value is -2.84. The Morgan fingerprint density at radius 3 is 2.36 bits per heavy atom. The second-order valence-corrected chi connectivity index (χ2v) is 6.50. The highest BCUT2D eigenvalue weighted by molar-refractivity contribution is 8.11. The highest BCUT2D eigenvalue weighted by Gasteiger charge is 2.22. The second kappa shape index (κ2) is 11.8. The third kappa shape index (κ3) is 6.40. The summed E-state index contributed by atoms with van der Waals surface area (Å²) in [6, 6.07) is 14.7. The predicted molar refractivity (Wildman–Crippen MR) is 110 cm³/mol. The smallest absolute Gasteiger partial charge is 0.388 e. The fraction of sp³-hybridized carbons (Fsp3) is 0.250. The third-order valence-electron chi connectivity index (χ3n) is 3.64. The Morgan fingerprint density at radius 2 is 1.71 bits per heavy atom. The number of carbonyl (C=O) groups is 2. The minimum atomic E-state index is -0.621. The van der Waals surface area contributed by atoms with Crippen LogP contribution in [-0.2, 0) is 16.1 Å². The average Bonchev–Trinajstić information content (AvgIpc) is 2.73. The Balaban J connectivity index is 0.00000190. The summed E-state index contributed by atoms with van der Waals surface area (Å²) < 4.78 is 11.4. The van der Waals surface area contributed by atoms with E-state index in [0.29, 0.717) is 23.1 Å². The van der Waals surface area contributed by atoms with Crippen LogP contribution >= 0.6 is 11.9 Å². The predicted octanol–water partition coefficient (Wildman–Crippen LogP) is 3.42. The Kier molecular flexibility index (Phi) is 9.76. The van der Waals surface area contributed by atoms with Gasteiger partial charge < -0.3 is 14.6 Å². The highest BCUT2D eigenvalue weighted by atomic mass is 32.2. The second-order valence-electron chi connectivity index (χ2n) is 5.43. The summed E-state index contributed by atoms with van der Waals surface area (Å²) >= 11 is 0.599. The van der Waals surface area contributed by atoms with Gasteiger partial charge in [-0.1, -0.05) is 42.5 Å². The maximum atomic E-state index is 12.4. The number of para-hydroxylation sites is 1. The zero-order valence-electron chi connectivity index (χ0n) is 16.3. The van der Waals surface area contributed by atoms with Crippen molar-refractivity contribution in [3.63, 3.8) is 0 Å². The van der Waals surface area contributed by atoms with Crippen molar-refractivity contribution in [2.45, 2.75) is 13.5 Å². The van der Waals surface area contributed by atoms with E-state index in [1.54, 1.807) is 12.1 Å². The lowest BCUT2D eigenvalue weighted by atomic mass is 10.0. The topological polar surface area (TPSA) is 99.9 Å². The van der Waals surface area contributed by atoms with Gasteiger partial charge in [0.25, 0.3) is 5.91 Å². The lowest BCUT2D eigenvalue weighted by Crippen LogP contribution is -2.30. The molecule has 2 aromatic rings. The molecule has 0 bridgehead atoms. The number of nitrogens with zero attached hydrogens (tertiary/aromatic N) is 1. The lowest BCUT2D eigenvalue weighted by Gasteiger charge is -2.17. The Bertz CT molecular complexity index is 826. The van der Waals surface area contributed by atoms with E-state index in [1.165, 1.54) is 14.2 Å². The molecule has 7 nitrogen and oxygen atoms in total. The van der Waals surface area contributed by atoms with Gasteiger partial charge in [0.1, 0.15) is 18.1 Å². The molecule has 2 aromatic carbocycles. The first-order valence-electron chi connectivity index (χ1n) is 8.28. The molecule has 150 valence electrons. The molecule has 0 aliphatic rings. The summed E-state index contributed by atoms with van der Waals surface area (Å²) in [5, 5.41) is 14.6. The zero-order valence-corrected chi connectivity index (χ0v) is 17.1. The number of nitrogens with one attached hydrogen (secondary N) is 1. The first-order chi connectivity index (χ1) is 13.4. The monoisotopic (exact) mass is 404 g/mol. The SMILES string of the molecule is CO.COC(=O)SN(C)C(=O)C(=N)c1ccccc1COc1ccccc1C. The molecule has 8 heteroatoms. The maximum Gasteiger partial charge on any atom is 0.388 e. The molecular weight excluding hydrogens is 380 g/mol. The van der Waals surface area contributed by atoms with E-state index >= 15 is 0 Å². The minimum Gasteiger partial charge on any atom is -0.489 e. The molecular formula is C20H24N2O5S. The zero-order chi connectivity index (χ0) is 21.1. The number of hydrogen-bond acceptors (Lipinski definition) is 7. The van der Waals surface area contributed by atoms with Crippen LogP contribution in [0.4, 0.5) is 4.79 Å². The van der Waals surface area contributed by atoms with E-state index in [4.69, 9.17) is 15.3 Å². The lowest BCUT2D eigenvalue weighted by molar-refractivity contribution is -0.118. The highest BCUT2D eigenvalue weighted by Crippen LogP contribution is 2.20. The molecule has 0 radical (unpaired) electrons. The number of carbonyl (C=O) groups excluding carboxylic acids is 2. The van der Waals surface area contributed by atoms with Gasteiger partial charge in [-0.2, -0.15) is 0 Å². The van der Waals surface area contributed by atoms with Gasteiger partial charge >= 0.3 is 5.30 Å². The molecule has 0 saturated carbocycles. The molecule has 0 aliphatic heterocycles. The molecule has 2 N–H and O–H groups in total. The van der Waals surface area contributed by atoms with E-state index in [0.717, 1.165) is 22.7 Å². The van der Waals surface area contributed by atoms with Gasteiger partial charge in [-0.25, -0.2) is 4.79 Å². The van der Waals surface area contributed by atoms with Crippen molar-refractivity contribution in [1.29, 1.82) is 5.41 Å². The van der Waals surface area contributed by atoms with Crippen LogP contribution in [0.2, 0.25) is 0 Å². The third-order valence-corrected chi connectivity index (χ3v) is 4.40. The number of methoxy groups -OCH3 is 1. The number of ether oxygens (including phenoxy) is 2. The van der Waals surface area contributed by atoms with Crippen LogP contribution in [0.1, 0.15) is 16.7 Å². The summed E-state index contributed by atoms with van der Waals surface area (Å²) in [7, 11) is 3.65. The van der Waals surface area contributed by atoms with Crippen LogP contribution in [0.15, 0.2) is 48.5 Å². The average molecular weight is 404 g/mol. The molecule has 0 atom stereocenters. The van der Waals surface area contributed by atoms with E-state index in [-0.39, 0.29) is 12.3 Å². The summed E-state index contributed by atoms with van der Waals surface area (Å²) in [4.78, 5) is 23.7. The summed E-state index contributed by atoms with van der Waals surface area (Å²) in [6.45, 7) is 2.18. The van der Waals surface area contributed by atoms with Gasteiger partial charge in [0.15, 0.2) is 0 Å². The molecule has 0 aliphatic carbocycles. The van der Waals surface area contributed by atoms with Crippen LogP contribution < -0.4 is 4.74 Å². The molecule has 0 spiro atoms. The standard InChI is InChI=1S/C19H20N2O4S.CH4O/c1-13-8-4-7-11-16(13)25-12-14-9-5-6-10-15(14)17(20)18(22)21(2)26-19(23)24-3;1-2/h4-11,20H,12H2,1-3H3;2H,1H3. The number of likely N-dealkylation sites (N-methyl/N-ethyl adjacent to an activating group) is 1. The number of aliphatic hydroxyl groups excluding tert-OH is 1. The van der Waals surface area contributed by atoms with Crippen molar-refractivity contribution in [2.24, 2.45) is 0 Å². The van der Waals surface area contributed by atoms with Gasteiger partial charge in [-0.05, 0) is 24.1 Å². The number of benzene rings is 2. The molecule has 0 aromatic heterocycles. The summed E-state index contributed by atoms with van der Waals surface area (Å²) in [6.07, 6.45) is 0. The molecule has 0 saturated heterocycles. The van der Waals surface area contributed by atoms with Crippen molar-refractivity contribution in [1.82, 2.24) is 4.31 Å². The Labute approximate surface area is 168 Å². The molecule has 0 heterocycles. The van der Waals surface area contributed by atoms with Crippen molar-refractivity contribution in [3.05, 3.63) is 65.2 Å². The first-order valence-corrected chi connectivity index (χ1v) is 9.05. The Morgan fingerprint density at radius 1 is 1.11 bits per heavy atom.